The molecule has 4 nitrogen and oxygen atoms in total. The molecule has 0 aliphatic rings. The van der Waals surface area contributed by atoms with Crippen LogP contribution in [0.5, 0.6) is 0 Å². The summed E-state index contributed by atoms with van der Waals surface area (Å²) in [5, 5.41) is 8.51. The van der Waals surface area contributed by atoms with Crippen molar-refractivity contribution in [1.82, 2.24) is 0 Å². The lowest BCUT2D eigenvalue weighted by Gasteiger charge is -2.12. The number of carbonyl (C=O) groups excluding carboxylic acids is 1. The van der Waals surface area contributed by atoms with Gasteiger partial charge in [0.2, 0.25) is 0 Å². The van der Waals surface area contributed by atoms with Gasteiger partial charge in [-0.3, -0.25) is 9.59 Å². The summed E-state index contributed by atoms with van der Waals surface area (Å²) in [7, 11) is 3.93. The average Bonchev–Trinajstić information content (AvgIpc) is 2.42. The summed E-state index contributed by atoms with van der Waals surface area (Å²) in [6.45, 7) is 0. The lowest BCUT2D eigenvalue weighted by molar-refractivity contribution is -0.137. The van der Waals surface area contributed by atoms with Crippen molar-refractivity contribution in [2.24, 2.45) is 0 Å². The van der Waals surface area contributed by atoms with E-state index in [0.717, 1.165) is 30.5 Å². The van der Waals surface area contributed by atoms with Gasteiger partial charge in [-0.15, -0.1) is 0 Å². The third kappa shape index (κ3) is 5.87. The van der Waals surface area contributed by atoms with Gasteiger partial charge >= 0.3 is 5.97 Å². The Kier molecular flexibility index (Phi) is 6.77. The highest BCUT2D eigenvalue weighted by Gasteiger charge is 2.06. The Morgan fingerprint density at radius 1 is 0.950 bits per heavy atom. The van der Waals surface area contributed by atoms with E-state index in [1.165, 1.54) is 0 Å². The Bertz CT molecular complexity index is 438. The van der Waals surface area contributed by atoms with Crippen LogP contribution in [0.15, 0.2) is 24.3 Å². The molecule has 0 radical (unpaired) electrons. The molecular formula is C16H23NO3. The molecule has 110 valence electrons. The quantitative estimate of drug-likeness (QED) is 0.555. The summed E-state index contributed by atoms with van der Waals surface area (Å²) < 4.78 is 0. The number of hydrogen-bond donors (Lipinski definition) is 1. The van der Waals surface area contributed by atoms with Crippen LogP contribution < -0.4 is 4.90 Å². The highest BCUT2D eigenvalue weighted by Crippen LogP contribution is 2.15. The molecule has 0 fully saturated rings. The van der Waals surface area contributed by atoms with E-state index >= 15 is 0 Å². The van der Waals surface area contributed by atoms with Crippen LogP contribution in [-0.4, -0.2) is 31.0 Å². The van der Waals surface area contributed by atoms with Gasteiger partial charge in [-0.1, -0.05) is 12.8 Å². The fourth-order valence-electron chi connectivity index (χ4n) is 2.01. The summed E-state index contributed by atoms with van der Waals surface area (Å²) in [6, 6.07) is 7.62. The van der Waals surface area contributed by atoms with Crippen LogP contribution in [0.25, 0.3) is 0 Å². The first-order valence-corrected chi connectivity index (χ1v) is 7.03. The van der Waals surface area contributed by atoms with Crippen molar-refractivity contribution in [3.63, 3.8) is 0 Å². The van der Waals surface area contributed by atoms with Crippen LogP contribution in [0, 0.1) is 0 Å². The van der Waals surface area contributed by atoms with Gasteiger partial charge in [0.1, 0.15) is 0 Å². The van der Waals surface area contributed by atoms with Crippen molar-refractivity contribution >= 4 is 17.4 Å². The molecule has 0 heterocycles. The number of carboxylic acids is 1. The van der Waals surface area contributed by atoms with Crippen LogP contribution in [0.2, 0.25) is 0 Å². The third-order valence-corrected chi connectivity index (χ3v) is 3.25. The molecule has 1 N–H and O–H groups in total. The van der Waals surface area contributed by atoms with E-state index < -0.39 is 5.97 Å². The molecule has 0 atom stereocenters. The standard InChI is InChI=1S/C16H23NO3/c1-17(2)14-11-9-13(10-12-14)15(18)7-5-3-4-6-8-16(19)20/h9-12H,3-8H2,1-2H3,(H,19,20). The summed E-state index contributed by atoms with van der Waals surface area (Å²) in [6.07, 6.45) is 4.07. The largest absolute Gasteiger partial charge is 0.481 e. The van der Waals surface area contributed by atoms with Crippen LogP contribution in [0.3, 0.4) is 0 Å². The van der Waals surface area contributed by atoms with E-state index in [2.05, 4.69) is 0 Å². The molecule has 1 aromatic carbocycles. The molecule has 0 aliphatic heterocycles. The number of carboxylic acid groups (broad SMARTS) is 1. The summed E-state index contributed by atoms with van der Waals surface area (Å²) in [5.74, 6) is -0.587. The van der Waals surface area contributed by atoms with Gasteiger partial charge in [0, 0.05) is 38.2 Å². The first-order valence-electron chi connectivity index (χ1n) is 7.03. The Morgan fingerprint density at radius 2 is 1.50 bits per heavy atom. The average molecular weight is 277 g/mol. The van der Waals surface area contributed by atoms with Gasteiger partial charge in [-0.2, -0.15) is 0 Å². The van der Waals surface area contributed by atoms with Crippen molar-refractivity contribution in [2.45, 2.75) is 38.5 Å². The van der Waals surface area contributed by atoms with Crippen LogP contribution in [-0.2, 0) is 4.79 Å². The van der Waals surface area contributed by atoms with Gasteiger partial charge < -0.3 is 10.0 Å². The number of aliphatic carboxylic acids is 1. The zero-order valence-electron chi connectivity index (χ0n) is 12.3. The minimum absolute atomic E-state index is 0.161. The van der Waals surface area contributed by atoms with Crippen molar-refractivity contribution < 1.29 is 14.7 Å². The highest BCUT2D eigenvalue weighted by atomic mass is 16.4. The third-order valence-electron chi connectivity index (χ3n) is 3.25. The van der Waals surface area contributed by atoms with Crippen molar-refractivity contribution in [1.29, 1.82) is 0 Å². The van der Waals surface area contributed by atoms with E-state index in [-0.39, 0.29) is 12.2 Å². The Morgan fingerprint density at radius 3 is 2.00 bits per heavy atom. The summed E-state index contributed by atoms with van der Waals surface area (Å²) >= 11 is 0. The Labute approximate surface area is 120 Å². The van der Waals surface area contributed by atoms with Crippen molar-refractivity contribution in [3.8, 4) is 0 Å². The molecule has 0 saturated carbocycles. The zero-order valence-corrected chi connectivity index (χ0v) is 12.3. The highest BCUT2D eigenvalue weighted by molar-refractivity contribution is 5.96. The SMILES string of the molecule is CN(C)c1ccc(C(=O)CCCCCCC(=O)O)cc1. The molecule has 0 bridgehead atoms. The lowest BCUT2D eigenvalue weighted by Crippen LogP contribution is -2.08. The van der Waals surface area contributed by atoms with Gasteiger partial charge in [-0.25, -0.2) is 0 Å². The smallest absolute Gasteiger partial charge is 0.303 e. The van der Waals surface area contributed by atoms with Crippen LogP contribution >= 0.6 is 0 Å². The Balaban J connectivity index is 2.27. The number of benzene rings is 1. The van der Waals surface area contributed by atoms with Gasteiger partial charge in [0.25, 0.3) is 0 Å². The lowest BCUT2D eigenvalue weighted by atomic mass is 10.0. The topological polar surface area (TPSA) is 57.6 Å². The normalized spacial score (nSPS) is 10.3. The van der Waals surface area contributed by atoms with E-state index in [1.54, 1.807) is 0 Å². The number of hydrogen-bond acceptors (Lipinski definition) is 3. The first kappa shape index (κ1) is 16.2. The minimum Gasteiger partial charge on any atom is -0.481 e. The van der Waals surface area contributed by atoms with Crippen LogP contribution in [0.1, 0.15) is 48.9 Å². The number of ketones is 1. The molecule has 0 amide bonds. The van der Waals surface area contributed by atoms with Gasteiger partial charge in [-0.05, 0) is 37.1 Å². The molecule has 0 unspecified atom stereocenters. The Hall–Kier alpha value is -1.84. The second-order valence-electron chi connectivity index (χ2n) is 5.17. The monoisotopic (exact) mass is 277 g/mol. The first-order chi connectivity index (χ1) is 9.50. The minimum atomic E-state index is -0.748. The maximum atomic E-state index is 12.0. The molecule has 0 aliphatic carbocycles. The number of nitrogens with zero attached hydrogens (tertiary/aromatic N) is 1. The van der Waals surface area contributed by atoms with Crippen molar-refractivity contribution in [3.05, 3.63) is 29.8 Å². The molecular weight excluding hydrogens is 254 g/mol. The van der Waals surface area contributed by atoms with E-state index in [1.807, 2.05) is 43.3 Å². The number of Topliss-reactive ketones (excluding diaryl/α,β-unsaturated/α-hetero) is 1. The molecule has 0 saturated heterocycles. The fourth-order valence-corrected chi connectivity index (χ4v) is 2.01. The van der Waals surface area contributed by atoms with E-state index in [9.17, 15) is 9.59 Å². The molecule has 20 heavy (non-hydrogen) atoms. The maximum Gasteiger partial charge on any atom is 0.303 e. The fraction of sp³-hybridized carbons (Fsp3) is 0.500. The summed E-state index contributed by atoms with van der Waals surface area (Å²) in [5.41, 5.74) is 1.83. The number of unbranched alkanes of at least 4 members (excludes halogenated alkanes) is 3. The number of rotatable bonds is 9. The van der Waals surface area contributed by atoms with Crippen molar-refractivity contribution in [2.75, 3.05) is 19.0 Å². The van der Waals surface area contributed by atoms with Gasteiger partial charge in [0.15, 0.2) is 5.78 Å². The number of carbonyl (C=O) groups is 2. The molecule has 1 aromatic rings. The van der Waals surface area contributed by atoms with E-state index in [0.29, 0.717) is 12.8 Å². The van der Waals surface area contributed by atoms with Gasteiger partial charge in [0.05, 0.1) is 0 Å². The molecule has 1 rings (SSSR count). The molecule has 4 heteroatoms. The predicted molar refractivity (Wildman–Crippen MR) is 80.4 cm³/mol. The zero-order chi connectivity index (χ0) is 15.0. The number of anilines is 1. The van der Waals surface area contributed by atoms with Crippen LogP contribution in [0.4, 0.5) is 5.69 Å². The second kappa shape index (κ2) is 8.35. The second-order valence-corrected chi connectivity index (χ2v) is 5.17. The molecule has 0 aromatic heterocycles. The summed E-state index contributed by atoms with van der Waals surface area (Å²) in [4.78, 5) is 24.3. The molecule has 0 spiro atoms. The maximum absolute atomic E-state index is 12.0. The van der Waals surface area contributed by atoms with E-state index in [4.69, 9.17) is 5.11 Å². The predicted octanol–water partition coefficient (Wildman–Crippen LogP) is 3.36.